The van der Waals surface area contributed by atoms with Crippen LogP contribution in [-0.4, -0.2) is 24.3 Å². The van der Waals surface area contributed by atoms with Crippen LogP contribution in [0.4, 0.5) is 0 Å². The fourth-order valence-electron chi connectivity index (χ4n) is 2.34. The maximum Gasteiger partial charge on any atom is 0.487 e. The summed E-state index contributed by atoms with van der Waals surface area (Å²) in [7, 11) is -0.393. The molecule has 0 unspecified atom stereocenters. The van der Waals surface area contributed by atoms with Gasteiger partial charge in [-0.3, -0.25) is 4.79 Å². The van der Waals surface area contributed by atoms with Gasteiger partial charge in [0.15, 0.2) is 0 Å². The maximum absolute atomic E-state index is 12.0. The van der Waals surface area contributed by atoms with Crippen molar-refractivity contribution >= 4 is 19.2 Å². The molecule has 0 aromatic heterocycles. The molecule has 0 amide bonds. The lowest BCUT2D eigenvalue weighted by molar-refractivity contribution is -0.154. The first kappa shape index (κ1) is 19.7. The van der Waals surface area contributed by atoms with Gasteiger partial charge >= 0.3 is 13.1 Å². The van der Waals surface area contributed by atoms with E-state index in [1.165, 1.54) is 0 Å². The van der Waals surface area contributed by atoms with E-state index in [4.69, 9.17) is 14.0 Å². The largest absolute Gasteiger partial charge is 0.487 e. The Bertz CT molecular complexity index is 640. The number of ether oxygens (including phenoxy) is 1. The second-order valence-corrected chi connectivity index (χ2v) is 8.51. The quantitative estimate of drug-likeness (QED) is 0.599. The maximum atomic E-state index is 12.0. The number of hydrogen-bond donors (Lipinski definition) is 0. The third-order valence-electron chi connectivity index (χ3n) is 4.73. The number of esters is 1. The van der Waals surface area contributed by atoms with E-state index < -0.39 is 12.5 Å². The van der Waals surface area contributed by atoms with Crippen molar-refractivity contribution < 1.29 is 18.8 Å². The molecule has 1 saturated heterocycles. The fourth-order valence-corrected chi connectivity index (χ4v) is 2.34. The molecule has 1 heterocycles. The van der Waals surface area contributed by atoms with Crippen molar-refractivity contribution in [1.82, 2.24) is 0 Å². The lowest BCUT2D eigenvalue weighted by Gasteiger charge is -2.32. The smallest absolute Gasteiger partial charge is 0.460 e. The summed E-state index contributed by atoms with van der Waals surface area (Å²) in [5, 5.41) is 0. The van der Waals surface area contributed by atoms with E-state index in [-0.39, 0.29) is 23.8 Å². The Balaban J connectivity index is 2.07. The predicted molar refractivity (Wildman–Crippen MR) is 101 cm³/mol. The fraction of sp³-hybridized carbons (Fsp3) is 0.550. The van der Waals surface area contributed by atoms with Crippen LogP contribution < -0.4 is 0 Å². The van der Waals surface area contributed by atoms with Crippen LogP contribution in [0.25, 0.3) is 6.08 Å². The molecule has 136 valence electrons. The van der Waals surface area contributed by atoms with Crippen molar-refractivity contribution in [3.63, 3.8) is 0 Å². The van der Waals surface area contributed by atoms with Gasteiger partial charge in [0.1, 0.15) is 6.61 Å². The van der Waals surface area contributed by atoms with Gasteiger partial charge in [0.25, 0.3) is 0 Å². The summed E-state index contributed by atoms with van der Waals surface area (Å²) in [6, 6.07) is 7.84. The molecule has 5 heteroatoms. The number of hydrogen-bond acceptors (Lipinski definition) is 4. The summed E-state index contributed by atoms with van der Waals surface area (Å²) < 4.78 is 17.4. The van der Waals surface area contributed by atoms with E-state index in [1.807, 2.05) is 84.8 Å². The molecular weight excluding hydrogens is 315 g/mol. The highest BCUT2D eigenvalue weighted by Gasteiger charge is 2.50. The Morgan fingerprint density at radius 2 is 1.68 bits per heavy atom. The van der Waals surface area contributed by atoms with Gasteiger partial charge in [-0.25, -0.2) is 0 Å². The third kappa shape index (κ3) is 4.74. The molecule has 4 nitrogen and oxygen atoms in total. The lowest BCUT2D eigenvalue weighted by atomic mass is 9.88. The van der Waals surface area contributed by atoms with E-state index in [1.54, 1.807) is 0 Å². The summed E-state index contributed by atoms with van der Waals surface area (Å²) in [5.74, 6) is 1.69. The molecule has 25 heavy (non-hydrogen) atoms. The predicted octanol–water partition coefficient (Wildman–Crippen LogP) is 4.42. The van der Waals surface area contributed by atoms with Gasteiger partial charge in [-0.05, 0) is 59.6 Å². The zero-order valence-electron chi connectivity index (χ0n) is 16.4. The van der Waals surface area contributed by atoms with Crippen LogP contribution in [-0.2, 0) is 25.4 Å². The highest BCUT2D eigenvalue weighted by Crippen LogP contribution is 2.37. The molecule has 1 aromatic rings. The average Bonchev–Trinajstić information content (AvgIpc) is 2.70. The van der Waals surface area contributed by atoms with Gasteiger partial charge in [-0.1, -0.05) is 36.3 Å². The van der Waals surface area contributed by atoms with Crippen molar-refractivity contribution in [2.75, 3.05) is 0 Å². The highest BCUT2D eigenvalue weighted by molar-refractivity contribution is 6.52. The first-order chi connectivity index (χ1) is 11.4. The van der Waals surface area contributed by atoms with E-state index >= 15 is 0 Å². The Hall–Kier alpha value is -1.59. The minimum absolute atomic E-state index is 0.211. The monoisotopic (exact) mass is 344 g/mol. The van der Waals surface area contributed by atoms with Gasteiger partial charge in [0, 0.05) is 0 Å². The minimum atomic E-state index is -0.506. The molecule has 0 spiro atoms. The van der Waals surface area contributed by atoms with Crippen LogP contribution in [0.15, 0.2) is 30.2 Å². The van der Waals surface area contributed by atoms with Crippen LogP contribution >= 0.6 is 0 Å². The number of carbonyl (C=O) groups is 1. The molecule has 0 radical (unpaired) electrons. The first-order valence-electron chi connectivity index (χ1n) is 8.71. The van der Waals surface area contributed by atoms with Crippen LogP contribution in [0, 0.1) is 5.41 Å². The van der Waals surface area contributed by atoms with Crippen molar-refractivity contribution in [3.8, 4) is 0 Å². The number of rotatable bonds is 4. The molecule has 1 aliphatic heterocycles. The van der Waals surface area contributed by atoms with Gasteiger partial charge in [-0.15, -0.1) is 0 Å². The van der Waals surface area contributed by atoms with Crippen LogP contribution in [0.3, 0.4) is 0 Å². The minimum Gasteiger partial charge on any atom is -0.460 e. The molecule has 1 fully saturated rings. The van der Waals surface area contributed by atoms with Crippen LogP contribution in [0.5, 0.6) is 0 Å². The lowest BCUT2D eigenvalue weighted by Crippen LogP contribution is -2.41. The van der Waals surface area contributed by atoms with Gasteiger partial charge in [0.2, 0.25) is 0 Å². The summed E-state index contributed by atoms with van der Waals surface area (Å²) >= 11 is 0. The standard InChI is InChI=1S/C20H29BO4/c1-18(2,3)17(22)23-14-16-11-9-8-10-15(16)12-13-21-24-19(4,5)20(6,7)25-21/h8-13H,14H2,1-7H3. The van der Waals surface area contributed by atoms with Crippen LogP contribution in [0.2, 0.25) is 0 Å². The van der Waals surface area contributed by atoms with E-state index in [2.05, 4.69) is 0 Å². The van der Waals surface area contributed by atoms with Crippen molar-refractivity contribution in [3.05, 3.63) is 41.4 Å². The molecule has 0 bridgehead atoms. The van der Waals surface area contributed by atoms with Gasteiger partial charge < -0.3 is 14.0 Å². The van der Waals surface area contributed by atoms with Crippen LogP contribution in [0.1, 0.15) is 59.6 Å². The molecular formula is C20H29BO4. The zero-order valence-corrected chi connectivity index (χ0v) is 16.4. The zero-order chi connectivity index (χ0) is 18.9. The topological polar surface area (TPSA) is 44.8 Å². The van der Waals surface area contributed by atoms with E-state index in [9.17, 15) is 4.79 Å². The van der Waals surface area contributed by atoms with E-state index in [0.29, 0.717) is 0 Å². The molecule has 0 saturated carbocycles. The number of benzene rings is 1. The summed E-state index contributed by atoms with van der Waals surface area (Å²) in [6.45, 7) is 13.9. The second kappa shape index (κ2) is 6.97. The number of carbonyl (C=O) groups excluding carboxylic acids is 1. The van der Waals surface area contributed by atoms with Crippen molar-refractivity contribution in [2.45, 2.75) is 66.3 Å². The Kier molecular flexibility index (Phi) is 5.50. The summed E-state index contributed by atoms with van der Waals surface area (Å²) in [6.07, 6.45) is 1.96. The molecule has 0 N–H and O–H groups in total. The Morgan fingerprint density at radius 1 is 1.12 bits per heavy atom. The normalized spacial score (nSPS) is 19.4. The molecule has 0 aliphatic carbocycles. The summed E-state index contributed by atoms with van der Waals surface area (Å²) in [5.41, 5.74) is 0.716. The van der Waals surface area contributed by atoms with Gasteiger partial charge in [-0.2, -0.15) is 0 Å². The average molecular weight is 344 g/mol. The van der Waals surface area contributed by atoms with E-state index in [0.717, 1.165) is 11.1 Å². The Morgan fingerprint density at radius 3 is 2.24 bits per heavy atom. The molecule has 1 aliphatic rings. The third-order valence-corrected chi connectivity index (χ3v) is 4.73. The molecule has 0 atom stereocenters. The van der Waals surface area contributed by atoms with Crippen molar-refractivity contribution in [1.29, 1.82) is 0 Å². The van der Waals surface area contributed by atoms with Crippen molar-refractivity contribution in [2.24, 2.45) is 5.41 Å². The van der Waals surface area contributed by atoms with Gasteiger partial charge in [0.05, 0.1) is 16.6 Å². The summed E-state index contributed by atoms with van der Waals surface area (Å²) in [4.78, 5) is 12.0. The second-order valence-electron chi connectivity index (χ2n) is 8.51. The highest BCUT2D eigenvalue weighted by atomic mass is 16.7. The Labute approximate surface area is 151 Å². The molecule has 2 rings (SSSR count). The molecule has 1 aromatic carbocycles. The SMILES string of the molecule is CC(C)(C)C(=O)OCc1ccccc1C=CB1OC(C)(C)C(C)(C)O1. The first-order valence-corrected chi connectivity index (χ1v) is 8.71.